The summed E-state index contributed by atoms with van der Waals surface area (Å²) < 4.78 is 22.5. The van der Waals surface area contributed by atoms with E-state index in [0.717, 1.165) is 5.56 Å². The van der Waals surface area contributed by atoms with Crippen molar-refractivity contribution < 1.29 is 13.9 Å². The van der Waals surface area contributed by atoms with Crippen molar-refractivity contribution in [3.8, 4) is 5.75 Å². The zero-order valence-electron chi connectivity index (χ0n) is 17.2. The number of hydrogen-bond donors (Lipinski definition) is 1. The minimum absolute atomic E-state index is 0.0502. The first kappa shape index (κ1) is 23.1. The van der Waals surface area contributed by atoms with E-state index >= 15 is 0 Å². The van der Waals surface area contributed by atoms with E-state index < -0.39 is 11.7 Å². The van der Waals surface area contributed by atoms with Crippen LogP contribution < -0.4 is 10.1 Å². The number of nitrogens with one attached hydrogen (secondary N) is 1. The normalized spacial score (nSPS) is 10.9. The van der Waals surface area contributed by atoms with Crippen molar-refractivity contribution in [1.82, 2.24) is 19.6 Å². The van der Waals surface area contributed by atoms with Crippen molar-refractivity contribution in [2.45, 2.75) is 20.2 Å². The van der Waals surface area contributed by atoms with Gasteiger partial charge in [-0.1, -0.05) is 46.9 Å². The van der Waals surface area contributed by atoms with Crippen molar-refractivity contribution in [2.24, 2.45) is 0 Å². The third-order valence-corrected chi connectivity index (χ3v) is 5.59. The third-order valence-electron chi connectivity index (χ3n) is 4.64. The van der Waals surface area contributed by atoms with Gasteiger partial charge in [0, 0.05) is 23.0 Å². The predicted molar refractivity (Wildman–Crippen MR) is 125 cm³/mol. The minimum atomic E-state index is -0.515. The van der Waals surface area contributed by atoms with Crippen LogP contribution in [0.25, 0.3) is 0 Å². The van der Waals surface area contributed by atoms with Gasteiger partial charge in [0.2, 0.25) is 0 Å². The van der Waals surface area contributed by atoms with E-state index in [2.05, 4.69) is 15.5 Å². The van der Waals surface area contributed by atoms with Gasteiger partial charge in [-0.15, -0.1) is 0 Å². The number of hydrogen-bond acceptors (Lipinski definition) is 4. The van der Waals surface area contributed by atoms with Crippen molar-refractivity contribution in [3.63, 3.8) is 0 Å². The van der Waals surface area contributed by atoms with Gasteiger partial charge >= 0.3 is 0 Å². The summed E-state index contributed by atoms with van der Waals surface area (Å²) in [4.78, 5) is 12.6. The monoisotopic (exact) mass is 507 g/mol. The average Bonchev–Trinajstić information content (AvgIpc) is 3.38. The van der Waals surface area contributed by atoms with Crippen LogP contribution in [0.2, 0.25) is 15.1 Å². The van der Waals surface area contributed by atoms with Crippen molar-refractivity contribution in [1.29, 1.82) is 0 Å². The Kier molecular flexibility index (Phi) is 6.88. The highest BCUT2D eigenvalue weighted by molar-refractivity contribution is 6.33. The van der Waals surface area contributed by atoms with Crippen LogP contribution in [0.15, 0.2) is 54.9 Å². The van der Waals surface area contributed by atoms with Crippen LogP contribution >= 0.6 is 34.8 Å². The molecule has 4 rings (SSSR count). The fraction of sp³-hybridized carbons (Fsp3) is 0.136. The first-order chi connectivity index (χ1) is 15.8. The van der Waals surface area contributed by atoms with Gasteiger partial charge in [0.15, 0.2) is 18.2 Å². The molecule has 0 bridgehead atoms. The number of rotatable bonds is 7. The van der Waals surface area contributed by atoms with E-state index in [4.69, 9.17) is 39.5 Å². The number of carbonyl (C=O) groups excluding carboxylic acids is 1. The molecular formula is C22H17Cl3FN5O2. The van der Waals surface area contributed by atoms with E-state index in [1.54, 1.807) is 18.3 Å². The number of amides is 1. The van der Waals surface area contributed by atoms with E-state index in [0.29, 0.717) is 10.8 Å². The summed E-state index contributed by atoms with van der Waals surface area (Å²) in [5, 5.41) is 11.9. The van der Waals surface area contributed by atoms with Gasteiger partial charge in [-0.2, -0.15) is 10.2 Å². The molecule has 0 unspecified atom stereocenters. The molecule has 0 aliphatic heterocycles. The molecule has 1 N–H and O–H groups in total. The number of aryl methyl sites for hydroxylation is 1. The smallest absolute Gasteiger partial charge is 0.277 e. The minimum Gasteiger partial charge on any atom is -0.470 e. The molecule has 0 radical (unpaired) electrons. The lowest BCUT2D eigenvalue weighted by Gasteiger charge is -2.08. The third kappa shape index (κ3) is 5.47. The molecule has 4 aromatic rings. The lowest BCUT2D eigenvalue weighted by Crippen LogP contribution is -2.15. The topological polar surface area (TPSA) is 74.0 Å². The molecule has 0 saturated heterocycles. The molecule has 0 fully saturated rings. The zero-order chi connectivity index (χ0) is 23.5. The molecule has 0 saturated carbocycles. The Balaban J connectivity index is 1.41. The molecule has 0 atom stereocenters. The second-order valence-electron chi connectivity index (χ2n) is 7.13. The van der Waals surface area contributed by atoms with Crippen LogP contribution in [-0.2, 0) is 13.3 Å². The summed E-state index contributed by atoms with van der Waals surface area (Å²) >= 11 is 18.4. The predicted octanol–water partition coefficient (Wildman–Crippen LogP) is 5.82. The highest BCUT2D eigenvalue weighted by Gasteiger charge is 2.16. The summed E-state index contributed by atoms with van der Waals surface area (Å²) in [6.07, 6.45) is 3.07. The Morgan fingerprint density at radius 2 is 1.88 bits per heavy atom. The van der Waals surface area contributed by atoms with Gasteiger partial charge in [0.05, 0.1) is 11.6 Å². The largest absolute Gasteiger partial charge is 0.470 e. The van der Waals surface area contributed by atoms with Crippen LogP contribution in [0, 0.1) is 12.7 Å². The van der Waals surface area contributed by atoms with Gasteiger partial charge in [-0.3, -0.25) is 9.48 Å². The van der Waals surface area contributed by atoms with Crippen LogP contribution in [0.1, 0.15) is 21.6 Å². The van der Waals surface area contributed by atoms with Crippen molar-refractivity contribution in [2.75, 3.05) is 5.32 Å². The Hall–Kier alpha value is -3.07. The van der Waals surface area contributed by atoms with E-state index in [1.807, 2.05) is 19.1 Å². The maximum atomic E-state index is 14.0. The van der Waals surface area contributed by atoms with E-state index in [9.17, 15) is 9.18 Å². The SMILES string of the molecule is Cc1ccc(Cl)c(OCn2ccc(C(=O)Nc3nn(Cc4c(F)cccc4Cl)cc3Cl)n2)c1. The number of anilines is 1. The molecule has 0 spiro atoms. The van der Waals surface area contributed by atoms with Crippen LogP contribution in [0.5, 0.6) is 5.75 Å². The fourth-order valence-corrected chi connectivity index (χ4v) is 3.58. The van der Waals surface area contributed by atoms with Gasteiger partial charge in [0.1, 0.15) is 16.6 Å². The fourth-order valence-electron chi connectivity index (χ4n) is 2.99. The number of aromatic nitrogens is 4. The number of halogens is 4. The molecule has 0 aliphatic carbocycles. The van der Waals surface area contributed by atoms with Crippen LogP contribution in [0.3, 0.4) is 0 Å². The molecule has 33 heavy (non-hydrogen) atoms. The molecule has 170 valence electrons. The summed E-state index contributed by atoms with van der Waals surface area (Å²) in [6.45, 7) is 2.04. The summed E-state index contributed by atoms with van der Waals surface area (Å²) in [6, 6.07) is 11.4. The molecular weight excluding hydrogens is 492 g/mol. The summed E-state index contributed by atoms with van der Waals surface area (Å²) in [5.41, 5.74) is 1.41. The van der Waals surface area contributed by atoms with Crippen LogP contribution in [-0.4, -0.2) is 25.5 Å². The number of carbonyl (C=O) groups is 1. The lowest BCUT2D eigenvalue weighted by molar-refractivity contribution is 0.101. The van der Waals surface area contributed by atoms with Crippen molar-refractivity contribution >= 4 is 46.5 Å². The quantitative estimate of drug-likeness (QED) is 0.341. The standard InChI is InChI=1S/C22H17Cl3FN5O2/c1-13-5-6-16(24)20(9-13)33-12-30-8-7-19(28-30)22(32)27-21-17(25)11-31(29-21)10-14-15(23)3-2-4-18(14)26/h2-9,11H,10,12H2,1H3,(H,27,29,32). The number of benzene rings is 2. The Labute approximate surface area is 203 Å². The Morgan fingerprint density at radius 1 is 1.06 bits per heavy atom. The Bertz CT molecular complexity index is 1300. The first-order valence-corrected chi connectivity index (χ1v) is 10.8. The molecule has 0 aliphatic rings. The lowest BCUT2D eigenvalue weighted by atomic mass is 10.2. The van der Waals surface area contributed by atoms with Crippen LogP contribution in [0.4, 0.5) is 10.2 Å². The van der Waals surface area contributed by atoms with Gasteiger partial charge in [-0.25, -0.2) is 9.07 Å². The Morgan fingerprint density at radius 3 is 2.67 bits per heavy atom. The summed E-state index contributed by atoms with van der Waals surface area (Å²) in [7, 11) is 0. The number of nitrogens with zero attached hydrogens (tertiary/aromatic N) is 4. The number of ether oxygens (including phenoxy) is 1. The van der Waals surface area contributed by atoms with Gasteiger partial charge < -0.3 is 10.1 Å². The van der Waals surface area contributed by atoms with E-state index in [1.165, 1.54) is 33.8 Å². The second kappa shape index (κ2) is 9.82. The maximum Gasteiger partial charge on any atom is 0.277 e. The van der Waals surface area contributed by atoms with Crippen molar-refractivity contribution in [3.05, 3.63) is 92.6 Å². The molecule has 2 heterocycles. The molecule has 7 nitrogen and oxygen atoms in total. The van der Waals surface area contributed by atoms with Gasteiger partial charge in [0.25, 0.3) is 5.91 Å². The maximum absolute atomic E-state index is 14.0. The van der Waals surface area contributed by atoms with Gasteiger partial charge in [-0.05, 0) is 42.8 Å². The molecule has 1 amide bonds. The summed E-state index contributed by atoms with van der Waals surface area (Å²) in [5.74, 6) is -0.338. The zero-order valence-corrected chi connectivity index (χ0v) is 19.5. The first-order valence-electron chi connectivity index (χ1n) is 9.70. The average molecular weight is 509 g/mol. The highest BCUT2D eigenvalue weighted by Crippen LogP contribution is 2.26. The highest BCUT2D eigenvalue weighted by atomic mass is 35.5. The van der Waals surface area contributed by atoms with E-state index in [-0.39, 0.29) is 40.4 Å². The second-order valence-corrected chi connectivity index (χ2v) is 8.35. The molecule has 2 aromatic carbocycles. The molecule has 2 aromatic heterocycles. The molecule has 11 heteroatoms.